The molecule has 0 aliphatic carbocycles. The number of furan rings is 1. The lowest BCUT2D eigenvalue weighted by Crippen LogP contribution is -2.16. The molecule has 0 unspecified atom stereocenters. The molecule has 0 bridgehead atoms. The molecule has 0 saturated carbocycles. The smallest absolute Gasteiger partial charge is 0.307 e. The van der Waals surface area contributed by atoms with E-state index >= 15 is 0 Å². The summed E-state index contributed by atoms with van der Waals surface area (Å²) in [5, 5.41) is 15.5. The van der Waals surface area contributed by atoms with E-state index < -0.39 is 10.8 Å². The number of aryl methyl sites for hydroxylation is 2. The number of ether oxygens (including phenoxy) is 2. The molecule has 43 heavy (non-hydrogen) atoms. The maximum absolute atomic E-state index is 12.6. The van der Waals surface area contributed by atoms with E-state index in [0.29, 0.717) is 33.4 Å². The van der Waals surface area contributed by atoms with Crippen LogP contribution < -0.4 is 14.9 Å². The lowest BCUT2D eigenvalue weighted by Gasteiger charge is -2.10. The average molecular weight is 599 g/mol. The lowest BCUT2D eigenvalue weighted by atomic mass is 10.2. The van der Waals surface area contributed by atoms with Gasteiger partial charge in [0.1, 0.15) is 30.5 Å². The van der Waals surface area contributed by atoms with Gasteiger partial charge in [0.15, 0.2) is 5.76 Å². The molecule has 0 spiro atoms. The fourth-order valence-electron chi connectivity index (χ4n) is 4.39. The molecule has 0 fully saturated rings. The van der Waals surface area contributed by atoms with Crippen LogP contribution in [0.1, 0.15) is 38.8 Å². The first-order chi connectivity index (χ1) is 20.8. The summed E-state index contributed by atoms with van der Waals surface area (Å²) < 4.78 is 19.5. The van der Waals surface area contributed by atoms with Gasteiger partial charge < -0.3 is 18.5 Å². The Hall–Kier alpha value is -5.35. The zero-order valence-electron chi connectivity index (χ0n) is 23.3. The van der Waals surface area contributed by atoms with Gasteiger partial charge in [0.05, 0.1) is 11.1 Å². The van der Waals surface area contributed by atoms with Crippen LogP contribution in [0.4, 0.5) is 5.69 Å². The molecule has 0 radical (unpaired) electrons. The van der Waals surface area contributed by atoms with Crippen molar-refractivity contribution in [1.29, 1.82) is 0 Å². The van der Waals surface area contributed by atoms with Crippen LogP contribution >= 0.6 is 11.6 Å². The molecule has 218 valence electrons. The van der Waals surface area contributed by atoms with Gasteiger partial charge in [-0.3, -0.25) is 14.9 Å². The second-order valence-corrected chi connectivity index (χ2v) is 10.0. The molecule has 0 saturated heterocycles. The number of benzene rings is 3. The molecule has 5 rings (SSSR count). The van der Waals surface area contributed by atoms with Gasteiger partial charge in [0.2, 0.25) is 0 Å². The van der Waals surface area contributed by atoms with E-state index in [1.807, 2.05) is 24.3 Å². The Balaban J connectivity index is 1.16. The van der Waals surface area contributed by atoms with Crippen LogP contribution in [0.25, 0.3) is 5.69 Å². The number of nitro benzene ring substituents is 1. The zero-order valence-corrected chi connectivity index (χ0v) is 24.1. The fourth-order valence-corrected chi connectivity index (χ4v) is 4.57. The summed E-state index contributed by atoms with van der Waals surface area (Å²) in [5.41, 5.74) is 6.86. The maximum atomic E-state index is 12.6. The van der Waals surface area contributed by atoms with Crippen molar-refractivity contribution >= 4 is 29.4 Å². The van der Waals surface area contributed by atoms with Crippen LogP contribution in [0.15, 0.2) is 101 Å². The first kappa shape index (κ1) is 29.2. The van der Waals surface area contributed by atoms with Gasteiger partial charge >= 0.3 is 5.91 Å². The van der Waals surface area contributed by atoms with E-state index in [1.54, 1.807) is 36.4 Å². The van der Waals surface area contributed by atoms with Crippen molar-refractivity contribution < 1.29 is 23.6 Å². The molecule has 1 amide bonds. The van der Waals surface area contributed by atoms with Gasteiger partial charge in [-0.25, -0.2) is 5.43 Å². The number of halogens is 1. The highest BCUT2D eigenvalue weighted by atomic mass is 35.5. The Labute approximate surface area is 252 Å². The molecule has 0 aliphatic heterocycles. The number of carbonyl (C=O) groups excluding carboxylic acids is 1. The van der Waals surface area contributed by atoms with Gasteiger partial charge in [-0.1, -0.05) is 23.7 Å². The van der Waals surface area contributed by atoms with E-state index in [2.05, 4.69) is 41.1 Å². The second-order valence-electron chi connectivity index (χ2n) is 9.60. The predicted molar refractivity (Wildman–Crippen MR) is 162 cm³/mol. The molecular formula is C32H27ClN4O6. The third-order valence-corrected chi connectivity index (χ3v) is 6.72. The van der Waals surface area contributed by atoms with Gasteiger partial charge in [-0.05, 0) is 86.1 Å². The highest BCUT2D eigenvalue weighted by Gasteiger charge is 2.12. The Morgan fingerprint density at radius 1 is 0.977 bits per heavy atom. The number of carbonyl (C=O) groups is 1. The molecule has 11 heteroatoms. The summed E-state index contributed by atoms with van der Waals surface area (Å²) in [7, 11) is 0. The van der Waals surface area contributed by atoms with Gasteiger partial charge in [-0.15, -0.1) is 0 Å². The maximum Gasteiger partial charge on any atom is 0.307 e. The Kier molecular flexibility index (Phi) is 8.88. The third kappa shape index (κ3) is 7.30. The molecular weight excluding hydrogens is 572 g/mol. The van der Waals surface area contributed by atoms with E-state index in [9.17, 15) is 14.9 Å². The van der Waals surface area contributed by atoms with Crippen molar-refractivity contribution in [2.45, 2.75) is 27.1 Å². The summed E-state index contributed by atoms with van der Waals surface area (Å²) in [4.78, 5) is 23.2. The van der Waals surface area contributed by atoms with Crippen LogP contribution in [0.3, 0.4) is 0 Å². The quantitative estimate of drug-likeness (QED) is 0.0977. The first-order valence-corrected chi connectivity index (χ1v) is 13.6. The molecule has 5 aromatic rings. The van der Waals surface area contributed by atoms with Crippen LogP contribution in [0, 0.1) is 24.0 Å². The first-order valence-electron chi connectivity index (χ1n) is 13.2. The number of nitrogens with one attached hydrogen (secondary N) is 1. The van der Waals surface area contributed by atoms with Crippen molar-refractivity contribution in [3.8, 4) is 17.2 Å². The molecule has 10 nitrogen and oxygen atoms in total. The van der Waals surface area contributed by atoms with Gasteiger partial charge in [0, 0.05) is 39.8 Å². The van der Waals surface area contributed by atoms with E-state index in [4.69, 9.17) is 25.5 Å². The molecule has 2 aromatic heterocycles. The number of amides is 1. The van der Waals surface area contributed by atoms with Crippen molar-refractivity contribution in [3.05, 3.63) is 140 Å². The highest BCUT2D eigenvalue weighted by Crippen LogP contribution is 2.24. The van der Waals surface area contributed by atoms with Crippen molar-refractivity contribution in [2.75, 3.05) is 0 Å². The minimum atomic E-state index is -0.551. The Morgan fingerprint density at radius 2 is 1.74 bits per heavy atom. The van der Waals surface area contributed by atoms with Gasteiger partial charge in [-0.2, -0.15) is 5.10 Å². The van der Waals surface area contributed by atoms with E-state index in [1.165, 1.54) is 24.4 Å². The topological polar surface area (TPSA) is 121 Å². The van der Waals surface area contributed by atoms with Crippen LogP contribution in [0.2, 0.25) is 5.02 Å². The summed E-state index contributed by atoms with van der Waals surface area (Å²) >= 11 is 6.14. The lowest BCUT2D eigenvalue weighted by molar-refractivity contribution is -0.384. The zero-order chi connectivity index (χ0) is 30.3. The largest absolute Gasteiger partial charge is 0.488 e. The molecule has 2 heterocycles. The van der Waals surface area contributed by atoms with Crippen molar-refractivity contribution in [3.63, 3.8) is 0 Å². The predicted octanol–water partition coefficient (Wildman–Crippen LogP) is 7.17. The Morgan fingerprint density at radius 3 is 2.49 bits per heavy atom. The number of rotatable bonds is 11. The number of hydrazone groups is 1. The van der Waals surface area contributed by atoms with Crippen LogP contribution in [-0.2, 0) is 13.2 Å². The monoisotopic (exact) mass is 598 g/mol. The SMILES string of the molecule is Cc1ccc(C)n1-c1ccc(OCc2ccc(C(=O)N/N=C/c3cc(Cl)ccc3OCc3cccc([N+](=O)[O-])c3)o2)cc1. The number of nitro groups is 1. The number of hydrogen-bond donors (Lipinski definition) is 1. The summed E-state index contributed by atoms with van der Waals surface area (Å²) in [5.74, 6) is 1.09. The molecule has 0 atom stereocenters. The van der Waals surface area contributed by atoms with E-state index in [-0.39, 0.29) is 24.7 Å². The summed E-state index contributed by atoms with van der Waals surface area (Å²) in [6, 6.07) is 26.2. The number of non-ortho nitro benzene ring substituents is 1. The number of hydrogen-bond acceptors (Lipinski definition) is 7. The van der Waals surface area contributed by atoms with Crippen molar-refractivity contribution in [1.82, 2.24) is 9.99 Å². The summed E-state index contributed by atoms with van der Waals surface area (Å²) in [6.45, 7) is 4.35. The highest BCUT2D eigenvalue weighted by molar-refractivity contribution is 6.30. The number of nitrogens with zero attached hydrogens (tertiary/aromatic N) is 3. The average Bonchev–Trinajstić information content (AvgIpc) is 3.62. The minimum Gasteiger partial charge on any atom is -0.488 e. The molecule has 1 N–H and O–H groups in total. The Bertz CT molecular complexity index is 1770. The third-order valence-electron chi connectivity index (χ3n) is 6.49. The van der Waals surface area contributed by atoms with Gasteiger partial charge in [0.25, 0.3) is 5.69 Å². The van der Waals surface area contributed by atoms with Crippen LogP contribution in [-0.4, -0.2) is 21.6 Å². The normalized spacial score (nSPS) is 11.0. The molecule has 0 aliphatic rings. The molecule has 3 aromatic carbocycles. The number of aromatic nitrogens is 1. The van der Waals surface area contributed by atoms with Crippen LogP contribution in [0.5, 0.6) is 11.5 Å². The second kappa shape index (κ2) is 13.1. The standard InChI is InChI=1S/C32H27ClN4O6/c1-21-6-7-22(2)36(21)26-9-11-28(12-10-26)41-20-29-13-15-31(43-29)32(38)35-34-18-24-17-25(33)8-14-30(24)42-19-23-4-3-5-27(16-23)37(39)40/h3-18H,19-20H2,1-2H3,(H,35,38)/b34-18+. The summed E-state index contributed by atoms with van der Waals surface area (Å²) in [6.07, 6.45) is 1.39. The van der Waals surface area contributed by atoms with E-state index in [0.717, 1.165) is 17.1 Å². The van der Waals surface area contributed by atoms with Crippen molar-refractivity contribution in [2.24, 2.45) is 5.10 Å². The minimum absolute atomic E-state index is 0.0261. The fraction of sp³-hybridized carbons (Fsp3) is 0.125.